The Balaban J connectivity index is 1.41. The van der Waals surface area contributed by atoms with Gasteiger partial charge in [0, 0.05) is 18.5 Å². The normalized spacial score (nSPS) is 11.3. The number of nitrogens with one attached hydrogen (secondary N) is 1. The Morgan fingerprint density at radius 1 is 0.892 bits per heavy atom. The zero-order valence-corrected chi connectivity index (χ0v) is 21.0. The van der Waals surface area contributed by atoms with E-state index in [0.29, 0.717) is 5.56 Å². The maximum atomic E-state index is 9.49. The fourth-order valence-electron chi connectivity index (χ4n) is 5.06. The summed E-state index contributed by atoms with van der Waals surface area (Å²) in [6.45, 7) is 5.05. The predicted molar refractivity (Wildman–Crippen MR) is 149 cm³/mol. The molecule has 2 aromatic heterocycles. The lowest BCUT2D eigenvalue weighted by Gasteiger charge is -2.11. The maximum absolute atomic E-state index is 9.49. The number of aryl methyl sites for hydroxylation is 2. The summed E-state index contributed by atoms with van der Waals surface area (Å²) in [5, 5.41) is 9.49. The van der Waals surface area contributed by atoms with Gasteiger partial charge in [0.05, 0.1) is 33.7 Å². The first-order valence-electron chi connectivity index (χ1n) is 12.7. The fourth-order valence-corrected chi connectivity index (χ4v) is 5.06. The first kappa shape index (κ1) is 22.8. The molecule has 37 heavy (non-hydrogen) atoms. The average Bonchev–Trinajstić information content (AvgIpc) is 3.51. The van der Waals surface area contributed by atoms with E-state index in [1.54, 1.807) is 0 Å². The van der Waals surface area contributed by atoms with Crippen LogP contribution in [0.15, 0.2) is 84.9 Å². The molecule has 0 fully saturated rings. The molecule has 0 amide bonds. The third kappa shape index (κ3) is 4.17. The second-order valence-corrected chi connectivity index (χ2v) is 9.48. The van der Waals surface area contributed by atoms with E-state index in [-0.39, 0.29) is 0 Å². The van der Waals surface area contributed by atoms with Crippen molar-refractivity contribution in [3.05, 3.63) is 107 Å². The van der Waals surface area contributed by atoms with Gasteiger partial charge in [0.2, 0.25) is 0 Å². The molecule has 1 N–H and O–H groups in total. The number of aromatic amines is 1. The zero-order chi connectivity index (χ0) is 25.4. The first-order chi connectivity index (χ1) is 18.1. The van der Waals surface area contributed by atoms with E-state index in [9.17, 15) is 5.26 Å². The molecule has 0 atom stereocenters. The average molecular weight is 482 g/mol. The number of nitriles is 1. The molecule has 0 unspecified atom stereocenters. The van der Waals surface area contributed by atoms with Crippen molar-refractivity contribution in [1.29, 1.82) is 5.26 Å². The lowest BCUT2D eigenvalue weighted by Crippen LogP contribution is -2.05. The van der Waals surface area contributed by atoms with Crippen LogP contribution in [-0.2, 0) is 13.0 Å². The highest BCUT2D eigenvalue weighted by Gasteiger charge is 2.16. The molecular formula is C32H27N5. The number of hydrogen-bond donors (Lipinski definition) is 1. The van der Waals surface area contributed by atoms with Gasteiger partial charge in [-0.05, 0) is 65.9 Å². The van der Waals surface area contributed by atoms with E-state index >= 15 is 0 Å². The Morgan fingerprint density at radius 2 is 1.68 bits per heavy atom. The smallest absolute Gasteiger partial charge is 0.138 e. The minimum atomic E-state index is 0.690. The molecule has 0 aliphatic heterocycles. The second-order valence-electron chi connectivity index (χ2n) is 9.48. The number of hydrogen-bond acceptors (Lipinski definition) is 3. The number of fused-ring (bicyclic) bond motifs is 2. The molecule has 0 spiro atoms. The van der Waals surface area contributed by atoms with Gasteiger partial charge >= 0.3 is 0 Å². The van der Waals surface area contributed by atoms with Gasteiger partial charge in [-0.1, -0.05) is 61.5 Å². The van der Waals surface area contributed by atoms with Gasteiger partial charge in [-0.2, -0.15) is 5.26 Å². The Bertz CT molecular complexity index is 1750. The largest absolute Gasteiger partial charge is 0.338 e. The molecule has 0 saturated carbocycles. The number of rotatable bonds is 6. The van der Waals surface area contributed by atoms with Crippen molar-refractivity contribution in [3.8, 4) is 28.6 Å². The van der Waals surface area contributed by atoms with Crippen LogP contribution in [0.25, 0.3) is 44.6 Å². The molecule has 180 valence electrons. The SMILES string of the molecule is CCCc1nc2c(C)cc(-c3nc4ccccc4[nH]3)cc2n1Cc1ccc(-c2ccccc2C#N)cc1. The molecule has 0 bridgehead atoms. The number of H-pyrrole nitrogens is 1. The molecule has 0 aliphatic rings. The fraction of sp³-hybridized carbons (Fsp3) is 0.156. The topological polar surface area (TPSA) is 70.3 Å². The number of nitrogens with zero attached hydrogens (tertiary/aromatic N) is 4. The Kier molecular flexibility index (Phi) is 5.78. The highest BCUT2D eigenvalue weighted by Crippen LogP contribution is 2.30. The van der Waals surface area contributed by atoms with Crippen molar-refractivity contribution in [3.63, 3.8) is 0 Å². The van der Waals surface area contributed by atoms with Crippen LogP contribution < -0.4 is 0 Å². The summed E-state index contributed by atoms with van der Waals surface area (Å²) in [6.07, 6.45) is 1.95. The molecule has 4 aromatic carbocycles. The quantitative estimate of drug-likeness (QED) is 0.269. The number of imidazole rings is 2. The molecule has 5 nitrogen and oxygen atoms in total. The summed E-state index contributed by atoms with van der Waals surface area (Å²) in [6, 6.07) is 31.1. The van der Waals surface area contributed by atoms with Crippen LogP contribution >= 0.6 is 0 Å². The number of para-hydroxylation sites is 2. The van der Waals surface area contributed by atoms with E-state index in [0.717, 1.165) is 75.4 Å². The van der Waals surface area contributed by atoms with Crippen molar-refractivity contribution in [1.82, 2.24) is 19.5 Å². The van der Waals surface area contributed by atoms with Crippen molar-refractivity contribution >= 4 is 22.1 Å². The molecule has 6 rings (SSSR count). The van der Waals surface area contributed by atoms with Crippen molar-refractivity contribution in [2.75, 3.05) is 0 Å². The summed E-state index contributed by atoms with van der Waals surface area (Å²) in [7, 11) is 0. The third-order valence-electron chi connectivity index (χ3n) is 6.91. The van der Waals surface area contributed by atoms with Crippen LogP contribution in [0.1, 0.15) is 35.9 Å². The van der Waals surface area contributed by atoms with E-state index in [1.165, 1.54) is 5.56 Å². The Morgan fingerprint density at radius 3 is 2.46 bits per heavy atom. The zero-order valence-electron chi connectivity index (χ0n) is 21.0. The monoisotopic (exact) mass is 481 g/mol. The van der Waals surface area contributed by atoms with Crippen LogP contribution in [0.5, 0.6) is 0 Å². The highest BCUT2D eigenvalue weighted by atomic mass is 15.1. The number of benzene rings is 4. The molecular weight excluding hydrogens is 454 g/mol. The van der Waals surface area contributed by atoms with Crippen LogP contribution in [0, 0.1) is 18.3 Å². The summed E-state index contributed by atoms with van der Waals surface area (Å²) in [5.74, 6) is 1.97. The van der Waals surface area contributed by atoms with Crippen LogP contribution in [-0.4, -0.2) is 19.5 Å². The standard InChI is InChI=1S/C32H27N5/c1-3-8-30-36-31-21(2)17-25(32-34-27-11-6-7-12-28(27)35-32)18-29(31)37(30)20-22-13-15-23(16-14-22)26-10-5-4-9-24(26)19-33/h4-7,9-18H,3,8,20H2,1-2H3,(H,34,35). The van der Waals surface area contributed by atoms with Crippen LogP contribution in [0.3, 0.4) is 0 Å². The van der Waals surface area contributed by atoms with Crippen LogP contribution in [0.2, 0.25) is 0 Å². The minimum absolute atomic E-state index is 0.690. The van der Waals surface area contributed by atoms with E-state index in [1.807, 2.05) is 42.5 Å². The highest BCUT2D eigenvalue weighted by molar-refractivity contribution is 5.87. The van der Waals surface area contributed by atoms with Gasteiger partial charge < -0.3 is 9.55 Å². The minimum Gasteiger partial charge on any atom is -0.338 e. The van der Waals surface area contributed by atoms with Crippen molar-refractivity contribution < 1.29 is 0 Å². The molecule has 2 heterocycles. The molecule has 5 heteroatoms. The molecule has 0 radical (unpaired) electrons. The van der Waals surface area contributed by atoms with Gasteiger partial charge in [-0.15, -0.1) is 0 Å². The Hall–Kier alpha value is -4.69. The first-order valence-corrected chi connectivity index (χ1v) is 12.7. The second kappa shape index (κ2) is 9.40. The van der Waals surface area contributed by atoms with E-state index < -0.39 is 0 Å². The molecule has 6 aromatic rings. The molecule has 0 saturated heterocycles. The van der Waals surface area contributed by atoms with Gasteiger partial charge in [-0.3, -0.25) is 0 Å². The lowest BCUT2D eigenvalue weighted by atomic mass is 9.99. The summed E-state index contributed by atoms with van der Waals surface area (Å²) in [5.41, 5.74) is 10.3. The summed E-state index contributed by atoms with van der Waals surface area (Å²) < 4.78 is 2.34. The van der Waals surface area contributed by atoms with Gasteiger partial charge in [0.25, 0.3) is 0 Å². The molecule has 0 aliphatic carbocycles. The van der Waals surface area contributed by atoms with Crippen molar-refractivity contribution in [2.24, 2.45) is 0 Å². The maximum Gasteiger partial charge on any atom is 0.138 e. The van der Waals surface area contributed by atoms with Gasteiger partial charge in [0.1, 0.15) is 11.6 Å². The third-order valence-corrected chi connectivity index (χ3v) is 6.91. The predicted octanol–water partition coefficient (Wildman–Crippen LogP) is 7.43. The lowest BCUT2D eigenvalue weighted by molar-refractivity contribution is 0.722. The Labute approximate surface area is 216 Å². The summed E-state index contributed by atoms with van der Waals surface area (Å²) in [4.78, 5) is 13.4. The summed E-state index contributed by atoms with van der Waals surface area (Å²) >= 11 is 0. The van der Waals surface area contributed by atoms with Gasteiger partial charge in [0.15, 0.2) is 0 Å². The van der Waals surface area contributed by atoms with E-state index in [4.69, 9.17) is 9.97 Å². The van der Waals surface area contributed by atoms with Crippen molar-refractivity contribution in [2.45, 2.75) is 33.2 Å². The van der Waals surface area contributed by atoms with E-state index in [2.05, 4.69) is 71.9 Å². The van der Waals surface area contributed by atoms with Gasteiger partial charge in [-0.25, -0.2) is 9.97 Å². The number of aromatic nitrogens is 4. The van der Waals surface area contributed by atoms with Crippen LogP contribution in [0.4, 0.5) is 0 Å².